The van der Waals surface area contributed by atoms with E-state index in [1.807, 2.05) is 39.0 Å². The molecule has 2 rings (SSSR count). The smallest absolute Gasteiger partial charge is 0.239 e. The van der Waals surface area contributed by atoms with Gasteiger partial charge < -0.3 is 10.6 Å². The standard InChI is InChI=1S/C19H28N2O4S/c1-12(2)15-8-6-7-13(3)16(15)21-18(23)19(4,5)17(22)20-14-9-10-26(24,25)11-14/h6-8,12,14H,9-11H2,1-5H3,(H,20,22)(H,21,23). The Morgan fingerprint density at radius 3 is 2.38 bits per heavy atom. The molecular weight excluding hydrogens is 352 g/mol. The van der Waals surface area contributed by atoms with Crippen LogP contribution in [-0.2, 0) is 19.4 Å². The zero-order valence-electron chi connectivity index (χ0n) is 16.0. The van der Waals surface area contributed by atoms with Crippen molar-refractivity contribution < 1.29 is 18.0 Å². The molecule has 0 saturated carbocycles. The van der Waals surface area contributed by atoms with Gasteiger partial charge in [-0.15, -0.1) is 0 Å². The van der Waals surface area contributed by atoms with Crippen molar-refractivity contribution in [2.75, 3.05) is 16.8 Å². The molecule has 1 aliphatic heterocycles. The molecule has 6 nitrogen and oxygen atoms in total. The van der Waals surface area contributed by atoms with E-state index in [1.165, 1.54) is 0 Å². The topological polar surface area (TPSA) is 92.3 Å². The van der Waals surface area contributed by atoms with Crippen molar-refractivity contribution >= 4 is 27.3 Å². The molecule has 0 aliphatic carbocycles. The molecular formula is C19H28N2O4S. The number of aryl methyl sites for hydroxylation is 1. The van der Waals surface area contributed by atoms with Crippen molar-refractivity contribution in [3.8, 4) is 0 Å². The number of carbonyl (C=O) groups is 2. The number of amides is 2. The van der Waals surface area contributed by atoms with E-state index >= 15 is 0 Å². The maximum absolute atomic E-state index is 12.8. The fourth-order valence-corrected chi connectivity index (χ4v) is 4.66. The minimum atomic E-state index is -3.09. The van der Waals surface area contributed by atoms with Crippen LogP contribution in [0.25, 0.3) is 0 Å². The molecule has 1 atom stereocenters. The highest BCUT2D eigenvalue weighted by Crippen LogP contribution is 2.29. The Hall–Kier alpha value is -1.89. The van der Waals surface area contributed by atoms with Gasteiger partial charge in [0.2, 0.25) is 11.8 Å². The van der Waals surface area contributed by atoms with E-state index in [0.29, 0.717) is 6.42 Å². The number of carbonyl (C=O) groups excluding carboxylic acids is 2. The van der Waals surface area contributed by atoms with E-state index in [1.54, 1.807) is 13.8 Å². The Balaban J connectivity index is 2.14. The second-order valence-corrected chi connectivity index (χ2v) is 10.1. The molecule has 26 heavy (non-hydrogen) atoms. The molecule has 1 unspecified atom stereocenters. The zero-order chi connectivity index (χ0) is 19.7. The molecule has 0 aromatic heterocycles. The molecule has 1 aromatic carbocycles. The number of sulfone groups is 1. The van der Waals surface area contributed by atoms with Gasteiger partial charge >= 0.3 is 0 Å². The first-order chi connectivity index (χ1) is 11.9. The van der Waals surface area contributed by atoms with Gasteiger partial charge in [0.25, 0.3) is 0 Å². The van der Waals surface area contributed by atoms with E-state index in [9.17, 15) is 18.0 Å². The van der Waals surface area contributed by atoms with Crippen LogP contribution in [0.5, 0.6) is 0 Å². The molecule has 144 valence electrons. The van der Waals surface area contributed by atoms with Crippen LogP contribution in [0.2, 0.25) is 0 Å². The molecule has 0 bridgehead atoms. The van der Waals surface area contributed by atoms with Crippen LogP contribution in [0.15, 0.2) is 18.2 Å². The maximum Gasteiger partial charge on any atom is 0.239 e. The predicted octanol–water partition coefficient (Wildman–Crippen LogP) is 2.39. The lowest BCUT2D eigenvalue weighted by molar-refractivity contribution is -0.138. The van der Waals surface area contributed by atoms with Gasteiger partial charge in [-0.25, -0.2) is 8.42 Å². The van der Waals surface area contributed by atoms with Gasteiger partial charge in [-0.1, -0.05) is 32.0 Å². The van der Waals surface area contributed by atoms with E-state index < -0.39 is 33.1 Å². The first-order valence-corrected chi connectivity index (χ1v) is 10.7. The molecule has 1 heterocycles. The van der Waals surface area contributed by atoms with Gasteiger partial charge in [0.15, 0.2) is 9.84 Å². The fraction of sp³-hybridized carbons (Fsp3) is 0.579. The lowest BCUT2D eigenvalue weighted by Gasteiger charge is -2.26. The summed E-state index contributed by atoms with van der Waals surface area (Å²) in [7, 11) is -3.09. The lowest BCUT2D eigenvalue weighted by atomic mass is 9.89. The van der Waals surface area contributed by atoms with Gasteiger partial charge in [-0.3, -0.25) is 9.59 Å². The number of hydrogen-bond acceptors (Lipinski definition) is 4. The van der Waals surface area contributed by atoms with Gasteiger partial charge in [0.1, 0.15) is 5.41 Å². The summed E-state index contributed by atoms with van der Waals surface area (Å²) < 4.78 is 23.1. The lowest BCUT2D eigenvalue weighted by Crippen LogP contribution is -2.49. The predicted molar refractivity (Wildman–Crippen MR) is 103 cm³/mol. The zero-order valence-corrected chi connectivity index (χ0v) is 16.9. The van der Waals surface area contributed by atoms with Crippen molar-refractivity contribution in [3.05, 3.63) is 29.3 Å². The third-order valence-corrected chi connectivity index (χ3v) is 6.64. The highest BCUT2D eigenvalue weighted by molar-refractivity contribution is 7.91. The molecule has 2 amide bonds. The van der Waals surface area contributed by atoms with Crippen LogP contribution < -0.4 is 10.6 Å². The second-order valence-electron chi connectivity index (χ2n) is 7.85. The number of hydrogen-bond donors (Lipinski definition) is 2. The molecule has 1 fully saturated rings. The van der Waals surface area contributed by atoms with Gasteiger partial charge in [0, 0.05) is 11.7 Å². The summed E-state index contributed by atoms with van der Waals surface area (Å²) in [6.07, 6.45) is 0.390. The number of para-hydroxylation sites is 1. The number of nitrogens with one attached hydrogen (secondary N) is 2. The summed E-state index contributed by atoms with van der Waals surface area (Å²) >= 11 is 0. The van der Waals surface area contributed by atoms with Crippen molar-refractivity contribution in [2.45, 2.75) is 53.0 Å². The van der Waals surface area contributed by atoms with Crippen molar-refractivity contribution in [2.24, 2.45) is 5.41 Å². The number of rotatable bonds is 5. The Morgan fingerprint density at radius 1 is 1.19 bits per heavy atom. The molecule has 1 aliphatic rings. The quantitative estimate of drug-likeness (QED) is 0.767. The molecule has 0 radical (unpaired) electrons. The third kappa shape index (κ3) is 4.44. The van der Waals surface area contributed by atoms with Crippen molar-refractivity contribution in [1.29, 1.82) is 0 Å². The molecule has 7 heteroatoms. The van der Waals surface area contributed by atoms with Crippen LogP contribution in [-0.4, -0.2) is 37.8 Å². The average molecular weight is 381 g/mol. The summed E-state index contributed by atoms with van der Waals surface area (Å²) in [6, 6.07) is 5.39. The van der Waals surface area contributed by atoms with E-state index in [0.717, 1.165) is 16.8 Å². The first-order valence-electron chi connectivity index (χ1n) is 8.86. The minimum Gasteiger partial charge on any atom is -0.351 e. The van der Waals surface area contributed by atoms with Gasteiger partial charge in [-0.2, -0.15) is 0 Å². The van der Waals surface area contributed by atoms with Gasteiger partial charge in [-0.05, 0) is 44.2 Å². The van der Waals surface area contributed by atoms with Crippen LogP contribution in [0.3, 0.4) is 0 Å². The Kier molecular flexibility index (Phi) is 5.80. The number of anilines is 1. The largest absolute Gasteiger partial charge is 0.351 e. The first kappa shape index (κ1) is 20.4. The van der Waals surface area contributed by atoms with Crippen LogP contribution >= 0.6 is 0 Å². The fourth-order valence-electron chi connectivity index (χ4n) is 2.99. The highest BCUT2D eigenvalue weighted by atomic mass is 32.2. The molecule has 1 aromatic rings. The number of benzene rings is 1. The second kappa shape index (κ2) is 7.39. The maximum atomic E-state index is 12.8. The van der Waals surface area contributed by atoms with Crippen molar-refractivity contribution in [1.82, 2.24) is 5.32 Å². The molecule has 2 N–H and O–H groups in total. The highest BCUT2D eigenvalue weighted by Gasteiger charge is 2.39. The molecule has 0 spiro atoms. The normalized spacial score (nSPS) is 19.4. The third-order valence-electron chi connectivity index (χ3n) is 4.87. The summed E-state index contributed by atoms with van der Waals surface area (Å²) in [6.45, 7) is 9.10. The monoisotopic (exact) mass is 380 g/mol. The van der Waals surface area contributed by atoms with Crippen LogP contribution in [0.1, 0.15) is 51.2 Å². The summed E-state index contributed by atoms with van der Waals surface area (Å²) in [5, 5.41) is 5.62. The summed E-state index contributed by atoms with van der Waals surface area (Å²) in [5.74, 6) is -0.633. The SMILES string of the molecule is Cc1cccc(C(C)C)c1NC(=O)C(C)(C)C(=O)NC1CCS(=O)(=O)C1. The van der Waals surface area contributed by atoms with Crippen molar-refractivity contribution in [3.63, 3.8) is 0 Å². The summed E-state index contributed by atoms with van der Waals surface area (Å²) in [4.78, 5) is 25.4. The Labute approximate surface area is 155 Å². The summed E-state index contributed by atoms with van der Waals surface area (Å²) in [5.41, 5.74) is 1.36. The van der Waals surface area contributed by atoms with E-state index in [2.05, 4.69) is 10.6 Å². The van der Waals surface area contributed by atoms with E-state index in [4.69, 9.17) is 0 Å². The van der Waals surface area contributed by atoms with E-state index in [-0.39, 0.29) is 17.4 Å². The van der Waals surface area contributed by atoms with Gasteiger partial charge in [0.05, 0.1) is 11.5 Å². The Morgan fingerprint density at radius 2 is 1.85 bits per heavy atom. The van der Waals surface area contributed by atoms with Crippen LogP contribution in [0, 0.1) is 12.3 Å². The minimum absolute atomic E-state index is 0.0638. The average Bonchev–Trinajstić information content (AvgIpc) is 2.87. The molecule has 1 saturated heterocycles. The van der Waals surface area contributed by atoms with Crippen LogP contribution in [0.4, 0.5) is 5.69 Å². The Bertz CT molecular complexity index is 813.